The van der Waals surface area contributed by atoms with Crippen LogP contribution in [0.1, 0.15) is 0 Å². The summed E-state index contributed by atoms with van der Waals surface area (Å²) in [7, 11) is 0. The van der Waals surface area contributed by atoms with Crippen molar-refractivity contribution in [3.63, 3.8) is 0 Å². The van der Waals surface area contributed by atoms with E-state index in [1.807, 2.05) is 18.2 Å². The third-order valence-corrected chi connectivity index (χ3v) is 6.37. The normalized spacial score (nSPS) is 11.3. The molecule has 0 atom stereocenters. The summed E-state index contributed by atoms with van der Waals surface area (Å²) in [6.45, 7) is 0. The highest BCUT2D eigenvalue weighted by atomic mass is 16.6. The lowest BCUT2D eigenvalue weighted by Crippen LogP contribution is -1.98. The molecule has 5 aromatic carbocycles. The maximum atomic E-state index is 11.7. The average molecular weight is 425 g/mol. The van der Waals surface area contributed by atoms with Gasteiger partial charge in [0.05, 0.1) is 10.5 Å². The van der Waals surface area contributed by atoms with E-state index in [9.17, 15) is 10.1 Å². The van der Waals surface area contributed by atoms with Gasteiger partial charge in [0.25, 0.3) is 5.69 Å². The van der Waals surface area contributed by atoms with E-state index < -0.39 is 0 Å². The molecule has 5 aromatic rings. The van der Waals surface area contributed by atoms with Gasteiger partial charge in [0.15, 0.2) is 0 Å². The average Bonchev–Trinajstić information content (AvgIpc) is 2.87. The number of rotatable bonds is 2. The topological polar surface area (TPSA) is 43.1 Å². The van der Waals surface area contributed by atoms with Gasteiger partial charge >= 0.3 is 0 Å². The summed E-state index contributed by atoms with van der Waals surface area (Å²) in [6, 6.07) is 38.5. The molecule has 0 aromatic heterocycles. The molecule has 3 nitrogen and oxygen atoms in total. The van der Waals surface area contributed by atoms with E-state index in [2.05, 4.69) is 84.9 Å². The molecule has 1 aliphatic rings. The number of nitro groups is 1. The van der Waals surface area contributed by atoms with Gasteiger partial charge in [-0.2, -0.15) is 0 Å². The minimum Gasteiger partial charge on any atom is -0.258 e. The van der Waals surface area contributed by atoms with Crippen molar-refractivity contribution in [2.24, 2.45) is 0 Å². The van der Waals surface area contributed by atoms with Gasteiger partial charge in [0.1, 0.15) is 0 Å². The summed E-state index contributed by atoms with van der Waals surface area (Å²) in [5.41, 5.74) is 10.8. The van der Waals surface area contributed by atoms with Crippen LogP contribution >= 0.6 is 0 Å². The third kappa shape index (κ3) is 3.06. The lowest BCUT2D eigenvalue weighted by atomic mass is 9.80. The summed E-state index contributed by atoms with van der Waals surface area (Å²) in [4.78, 5) is 11.4. The van der Waals surface area contributed by atoms with Crippen molar-refractivity contribution < 1.29 is 4.92 Å². The Balaban J connectivity index is 1.71. The first-order valence-electron chi connectivity index (χ1n) is 10.9. The SMILES string of the molecule is O=[N+]([O-])c1ccccc1-c1ccc2c(c1)-c1ccccc1-c1ccccc1-c1ccccc1-2. The summed E-state index contributed by atoms with van der Waals surface area (Å²) < 4.78 is 0. The third-order valence-electron chi connectivity index (χ3n) is 6.37. The number of hydrogen-bond donors (Lipinski definition) is 0. The molecule has 3 heteroatoms. The maximum absolute atomic E-state index is 11.7. The minimum absolute atomic E-state index is 0.113. The molecule has 0 radical (unpaired) electrons. The Morgan fingerprint density at radius 1 is 0.424 bits per heavy atom. The first kappa shape index (κ1) is 19.2. The van der Waals surface area contributed by atoms with E-state index in [0.717, 1.165) is 33.4 Å². The zero-order valence-corrected chi connectivity index (χ0v) is 17.7. The zero-order chi connectivity index (χ0) is 22.4. The van der Waals surface area contributed by atoms with Crippen LogP contribution in [0.5, 0.6) is 0 Å². The van der Waals surface area contributed by atoms with Gasteiger partial charge in [0.2, 0.25) is 0 Å². The van der Waals surface area contributed by atoms with Crippen LogP contribution in [-0.4, -0.2) is 4.92 Å². The van der Waals surface area contributed by atoms with Crippen LogP contribution in [0.4, 0.5) is 5.69 Å². The van der Waals surface area contributed by atoms with Gasteiger partial charge in [-0.25, -0.2) is 0 Å². The highest BCUT2D eigenvalue weighted by Gasteiger charge is 2.23. The number of hydrogen-bond acceptors (Lipinski definition) is 2. The minimum atomic E-state index is -0.314. The number of para-hydroxylation sites is 1. The highest BCUT2D eigenvalue weighted by Crippen LogP contribution is 2.48. The second-order valence-electron chi connectivity index (χ2n) is 8.17. The Morgan fingerprint density at radius 2 is 0.788 bits per heavy atom. The van der Waals surface area contributed by atoms with Crippen LogP contribution in [0.25, 0.3) is 55.6 Å². The van der Waals surface area contributed by atoms with E-state index in [4.69, 9.17) is 0 Å². The van der Waals surface area contributed by atoms with Crippen molar-refractivity contribution in [3.05, 3.63) is 125 Å². The molecule has 0 aliphatic heterocycles. The van der Waals surface area contributed by atoms with Crippen LogP contribution < -0.4 is 0 Å². The lowest BCUT2D eigenvalue weighted by Gasteiger charge is -2.23. The smallest absolute Gasteiger partial charge is 0.258 e. The quantitative estimate of drug-likeness (QED) is 0.207. The van der Waals surface area contributed by atoms with Gasteiger partial charge < -0.3 is 0 Å². The first-order valence-corrected chi connectivity index (χ1v) is 10.9. The van der Waals surface area contributed by atoms with E-state index in [1.54, 1.807) is 12.1 Å². The Kier molecular flexibility index (Phi) is 4.41. The van der Waals surface area contributed by atoms with Gasteiger partial charge in [-0.1, -0.05) is 97.1 Å². The molecule has 0 saturated heterocycles. The van der Waals surface area contributed by atoms with E-state index in [1.165, 1.54) is 16.7 Å². The Labute approximate surface area is 191 Å². The maximum Gasteiger partial charge on any atom is 0.277 e. The lowest BCUT2D eigenvalue weighted by molar-refractivity contribution is -0.384. The van der Waals surface area contributed by atoms with Crippen LogP contribution in [0.15, 0.2) is 115 Å². The van der Waals surface area contributed by atoms with Crippen LogP contribution in [0.3, 0.4) is 0 Å². The summed E-state index contributed by atoms with van der Waals surface area (Å²) >= 11 is 0. The van der Waals surface area contributed by atoms with E-state index >= 15 is 0 Å². The van der Waals surface area contributed by atoms with Crippen molar-refractivity contribution in [1.29, 1.82) is 0 Å². The summed E-state index contributed by atoms with van der Waals surface area (Å²) in [6.07, 6.45) is 0. The molecule has 6 rings (SSSR count). The number of nitro benzene ring substituents is 1. The summed E-state index contributed by atoms with van der Waals surface area (Å²) in [5, 5.41) is 11.7. The van der Waals surface area contributed by atoms with Gasteiger partial charge in [-0.15, -0.1) is 0 Å². The van der Waals surface area contributed by atoms with Crippen molar-refractivity contribution in [2.45, 2.75) is 0 Å². The fourth-order valence-electron chi connectivity index (χ4n) is 4.90. The van der Waals surface area contributed by atoms with E-state index in [-0.39, 0.29) is 10.6 Å². The van der Waals surface area contributed by atoms with Gasteiger partial charge in [-0.3, -0.25) is 10.1 Å². The number of nitrogens with zero attached hydrogens (tertiary/aromatic N) is 1. The molecule has 0 unspecified atom stereocenters. The molecule has 0 saturated carbocycles. The molecule has 0 fully saturated rings. The summed E-state index contributed by atoms with van der Waals surface area (Å²) in [5.74, 6) is 0. The van der Waals surface area contributed by atoms with Gasteiger partial charge in [0, 0.05) is 6.07 Å². The molecule has 156 valence electrons. The fraction of sp³-hybridized carbons (Fsp3) is 0. The second kappa shape index (κ2) is 7.57. The monoisotopic (exact) mass is 425 g/mol. The molecule has 0 N–H and O–H groups in total. The molecule has 0 bridgehead atoms. The molecular formula is C30H19NO2. The Morgan fingerprint density at radius 3 is 1.24 bits per heavy atom. The van der Waals surface area contributed by atoms with Crippen molar-refractivity contribution >= 4 is 5.69 Å². The first-order chi connectivity index (χ1) is 16.2. The van der Waals surface area contributed by atoms with Gasteiger partial charge in [-0.05, 0) is 62.2 Å². The molecule has 0 spiro atoms. The Hall–Kier alpha value is -4.50. The molecule has 1 aliphatic carbocycles. The molecule has 0 amide bonds. The zero-order valence-electron chi connectivity index (χ0n) is 17.7. The van der Waals surface area contributed by atoms with Crippen LogP contribution in [-0.2, 0) is 0 Å². The number of fused-ring (bicyclic) bond motifs is 8. The highest BCUT2D eigenvalue weighted by molar-refractivity contribution is 6.03. The second-order valence-corrected chi connectivity index (χ2v) is 8.17. The van der Waals surface area contributed by atoms with Crippen molar-refractivity contribution in [3.8, 4) is 55.6 Å². The predicted octanol–water partition coefficient (Wildman–Crippen LogP) is 8.24. The molecule has 33 heavy (non-hydrogen) atoms. The number of benzene rings is 5. The largest absolute Gasteiger partial charge is 0.277 e. The van der Waals surface area contributed by atoms with Crippen molar-refractivity contribution in [2.75, 3.05) is 0 Å². The van der Waals surface area contributed by atoms with Crippen molar-refractivity contribution in [1.82, 2.24) is 0 Å². The van der Waals surface area contributed by atoms with E-state index in [0.29, 0.717) is 5.56 Å². The Bertz CT molecular complexity index is 1550. The molecule has 0 heterocycles. The standard InChI is InChI=1S/C30H19NO2/c32-31(33)30-16-8-7-9-21(30)20-17-18-28-26-14-4-3-12-24(26)22-10-1-2-11-23(22)25-13-5-6-15-27(25)29(28)19-20/h1-19H. The predicted molar refractivity (Wildman–Crippen MR) is 134 cm³/mol. The fourth-order valence-corrected chi connectivity index (χ4v) is 4.90. The van der Waals surface area contributed by atoms with Crippen LogP contribution in [0.2, 0.25) is 0 Å². The molecular weight excluding hydrogens is 406 g/mol. The van der Waals surface area contributed by atoms with Crippen LogP contribution in [0, 0.1) is 10.1 Å².